The van der Waals surface area contributed by atoms with Gasteiger partial charge in [-0.3, -0.25) is 14.7 Å². The molecule has 2 atom stereocenters. The molecular weight excluding hydrogens is 332 g/mol. The molecule has 0 spiro atoms. The van der Waals surface area contributed by atoms with Gasteiger partial charge in [-0.1, -0.05) is 0 Å². The molecule has 2 aromatic heterocycles. The fourth-order valence-electron chi connectivity index (χ4n) is 4.01. The molecule has 6 heteroatoms. The molecule has 25 heavy (non-hydrogen) atoms. The first-order valence-electron chi connectivity index (χ1n) is 9.13. The number of carbonyl (C=O) groups excluding carboxylic acids is 1. The van der Waals surface area contributed by atoms with Crippen LogP contribution in [0.15, 0.2) is 29.9 Å². The topological polar surface area (TPSA) is 58.1 Å². The minimum Gasteiger partial charge on any atom is -0.356 e. The van der Waals surface area contributed by atoms with E-state index in [1.807, 2.05) is 12.1 Å². The molecule has 1 saturated carbocycles. The second kappa shape index (κ2) is 7.62. The number of rotatable bonds is 7. The number of carbonyl (C=O) groups is 1. The fourth-order valence-corrected chi connectivity index (χ4v) is 4.87. The third kappa shape index (κ3) is 4.07. The summed E-state index contributed by atoms with van der Waals surface area (Å²) in [4.78, 5) is 23.2. The lowest BCUT2D eigenvalue weighted by Gasteiger charge is -2.26. The van der Waals surface area contributed by atoms with Crippen molar-refractivity contribution in [2.45, 2.75) is 38.1 Å². The van der Waals surface area contributed by atoms with Crippen LogP contribution >= 0.6 is 11.3 Å². The van der Waals surface area contributed by atoms with Crippen molar-refractivity contribution in [3.63, 3.8) is 0 Å². The first-order chi connectivity index (χ1) is 12.3. The normalized spacial score (nSPS) is 22.4. The zero-order valence-electron chi connectivity index (χ0n) is 14.4. The molecule has 1 amide bonds. The summed E-state index contributed by atoms with van der Waals surface area (Å²) in [6.07, 6.45) is 9.03. The van der Waals surface area contributed by atoms with Crippen molar-refractivity contribution < 1.29 is 4.79 Å². The number of piperidine rings is 1. The van der Waals surface area contributed by atoms with E-state index in [0.29, 0.717) is 13.0 Å². The van der Waals surface area contributed by atoms with Crippen LogP contribution in [0.1, 0.15) is 31.4 Å². The van der Waals surface area contributed by atoms with E-state index >= 15 is 0 Å². The highest BCUT2D eigenvalue weighted by Gasteiger charge is 2.37. The molecule has 2 aliphatic rings. The van der Waals surface area contributed by atoms with E-state index in [9.17, 15) is 4.79 Å². The molecule has 1 saturated heterocycles. The van der Waals surface area contributed by atoms with Crippen LogP contribution < -0.4 is 5.32 Å². The third-order valence-electron chi connectivity index (χ3n) is 5.33. The van der Waals surface area contributed by atoms with E-state index in [4.69, 9.17) is 0 Å². The van der Waals surface area contributed by atoms with Crippen molar-refractivity contribution in [1.29, 1.82) is 0 Å². The molecule has 5 nitrogen and oxygen atoms in total. The number of thiazole rings is 1. The Morgan fingerprint density at radius 3 is 2.96 bits per heavy atom. The van der Waals surface area contributed by atoms with Gasteiger partial charge in [0.1, 0.15) is 5.01 Å². The SMILES string of the molecule is O=C(CCN1C[C@H]2CC[C@@H]1C2)NCCc1csc(-c2ccncc2)n1. The number of fused-ring (bicyclic) bond motifs is 2. The highest BCUT2D eigenvalue weighted by molar-refractivity contribution is 7.13. The smallest absolute Gasteiger partial charge is 0.221 e. The van der Waals surface area contributed by atoms with E-state index in [0.717, 1.165) is 41.2 Å². The summed E-state index contributed by atoms with van der Waals surface area (Å²) >= 11 is 1.64. The van der Waals surface area contributed by atoms with Gasteiger partial charge in [-0.25, -0.2) is 4.98 Å². The number of nitrogens with zero attached hydrogens (tertiary/aromatic N) is 3. The summed E-state index contributed by atoms with van der Waals surface area (Å²) in [5, 5.41) is 6.12. The number of nitrogens with one attached hydrogen (secondary N) is 1. The van der Waals surface area contributed by atoms with Gasteiger partial charge < -0.3 is 5.32 Å². The van der Waals surface area contributed by atoms with Gasteiger partial charge in [-0.2, -0.15) is 0 Å². The van der Waals surface area contributed by atoms with Crippen LogP contribution in [0.5, 0.6) is 0 Å². The lowest BCUT2D eigenvalue weighted by Crippen LogP contribution is -2.36. The standard InChI is InChI=1S/C19H24N4OS/c24-18(6-10-23-12-14-1-2-17(23)11-14)21-9-5-16-13-25-19(22-16)15-3-7-20-8-4-15/h3-4,7-8,13-14,17H,1-2,5-6,9-12H2,(H,21,24)/t14-,17+/m0/s1. The lowest BCUT2D eigenvalue weighted by molar-refractivity contribution is -0.121. The van der Waals surface area contributed by atoms with Crippen LogP contribution in [-0.2, 0) is 11.2 Å². The summed E-state index contributed by atoms with van der Waals surface area (Å²) in [5.74, 6) is 1.06. The molecule has 4 rings (SSSR count). The summed E-state index contributed by atoms with van der Waals surface area (Å²) in [5.41, 5.74) is 2.13. The zero-order valence-corrected chi connectivity index (χ0v) is 15.2. The quantitative estimate of drug-likeness (QED) is 0.829. The summed E-state index contributed by atoms with van der Waals surface area (Å²) in [7, 11) is 0. The van der Waals surface area contributed by atoms with Gasteiger partial charge in [0.2, 0.25) is 5.91 Å². The monoisotopic (exact) mass is 356 g/mol. The van der Waals surface area contributed by atoms with Gasteiger partial charge in [0.05, 0.1) is 5.69 Å². The van der Waals surface area contributed by atoms with Crippen LogP contribution in [0, 0.1) is 5.92 Å². The van der Waals surface area contributed by atoms with Crippen LogP contribution in [0.3, 0.4) is 0 Å². The first kappa shape index (κ1) is 16.7. The Labute approximate surface area is 152 Å². The summed E-state index contributed by atoms with van der Waals surface area (Å²) < 4.78 is 0. The molecule has 2 aromatic rings. The van der Waals surface area contributed by atoms with Crippen LogP contribution in [0.25, 0.3) is 10.6 Å². The highest BCUT2D eigenvalue weighted by Crippen LogP contribution is 2.37. The van der Waals surface area contributed by atoms with Crippen LogP contribution in [-0.4, -0.2) is 46.5 Å². The third-order valence-corrected chi connectivity index (χ3v) is 6.27. The molecule has 0 radical (unpaired) electrons. The van der Waals surface area contributed by atoms with Gasteiger partial charge in [-0.05, 0) is 37.3 Å². The minimum atomic E-state index is 0.160. The van der Waals surface area contributed by atoms with Gasteiger partial charge in [0, 0.05) is 61.9 Å². The molecule has 132 valence electrons. The van der Waals surface area contributed by atoms with Gasteiger partial charge in [0.25, 0.3) is 0 Å². The predicted molar refractivity (Wildman–Crippen MR) is 99.4 cm³/mol. The summed E-state index contributed by atoms with van der Waals surface area (Å²) in [6, 6.07) is 4.68. The van der Waals surface area contributed by atoms with Crippen molar-refractivity contribution in [2.75, 3.05) is 19.6 Å². The lowest BCUT2D eigenvalue weighted by atomic mass is 10.1. The predicted octanol–water partition coefficient (Wildman–Crippen LogP) is 2.74. The Balaban J connectivity index is 1.18. The fraction of sp³-hybridized carbons (Fsp3) is 0.526. The molecule has 0 unspecified atom stereocenters. The molecule has 0 aromatic carbocycles. The largest absolute Gasteiger partial charge is 0.356 e. The summed E-state index contributed by atoms with van der Waals surface area (Å²) in [6.45, 7) is 2.77. The Bertz CT molecular complexity index is 717. The maximum atomic E-state index is 12.1. The Morgan fingerprint density at radius 2 is 2.20 bits per heavy atom. The van der Waals surface area contributed by atoms with Crippen molar-refractivity contribution in [3.8, 4) is 10.6 Å². The van der Waals surface area contributed by atoms with Crippen molar-refractivity contribution >= 4 is 17.2 Å². The van der Waals surface area contributed by atoms with E-state index in [1.165, 1.54) is 25.8 Å². The van der Waals surface area contributed by atoms with Gasteiger partial charge in [0.15, 0.2) is 0 Å². The van der Waals surface area contributed by atoms with Crippen molar-refractivity contribution in [1.82, 2.24) is 20.2 Å². The van der Waals surface area contributed by atoms with Gasteiger partial charge in [-0.15, -0.1) is 11.3 Å². The number of pyridine rings is 1. The molecule has 3 heterocycles. The van der Waals surface area contributed by atoms with Gasteiger partial charge >= 0.3 is 0 Å². The molecule has 1 aliphatic heterocycles. The van der Waals surface area contributed by atoms with E-state index in [-0.39, 0.29) is 5.91 Å². The van der Waals surface area contributed by atoms with Crippen molar-refractivity contribution in [3.05, 3.63) is 35.6 Å². The highest BCUT2D eigenvalue weighted by atomic mass is 32.1. The Kier molecular flexibility index (Phi) is 5.08. The Hall–Kier alpha value is -1.79. The minimum absolute atomic E-state index is 0.160. The average molecular weight is 356 g/mol. The first-order valence-corrected chi connectivity index (χ1v) is 10.0. The zero-order chi connectivity index (χ0) is 17.1. The molecule has 2 bridgehead atoms. The van der Waals surface area contributed by atoms with E-state index < -0.39 is 0 Å². The van der Waals surface area contributed by atoms with E-state index in [1.54, 1.807) is 23.7 Å². The molecular formula is C19H24N4OS. The average Bonchev–Trinajstić information content (AvgIpc) is 3.37. The van der Waals surface area contributed by atoms with Crippen molar-refractivity contribution in [2.24, 2.45) is 5.92 Å². The molecule has 2 fully saturated rings. The Morgan fingerprint density at radius 1 is 1.32 bits per heavy atom. The maximum Gasteiger partial charge on any atom is 0.221 e. The number of hydrogen-bond acceptors (Lipinski definition) is 5. The number of amides is 1. The van der Waals surface area contributed by atoms with E-state index in [2.05, 4.69) is 25.6 Å². The number of aromatic nitrogens is 2. The number of likely N-dealkylation sites (tertiary alicyclic amines) is 1. The van der Waals surface area contributed by atoms with Crippen LogP contribution in [0.2, 0.25) is 0 Å². The second-order valence-corrected chi connectivity index (χ2v) is 7.92. The van der Waals surface area contributed by atoms with Crippen LogP contribution in [0.4, 0.5) is 0 Å². The second-order valence-electron chi connectivity index (χ2n) is 7.06. The number of hydrogen-bond donors (Lipinski definition) is 1. The maximum absolute atomic E-state index is 12.1. The molecule has 1 aliphatic carbocycles. The molecule has 1 N–H and O–H groups in total.